The number of esters is 1. The third-order valence-corrected chi connectivity index (χ3v) is 2.25. The second-order valence-corrected chi connectivity index (χ2v) is 3.86. The van der Waals surface area contributed by atoms with Crippen LogP contribution in [-0.4, -0.2) is 22.7 Å². The number of nitrogens with zero attached hydrogens (tertiary/aromatic N) is 2. The topological polar surface area (TPSA) is 65.2 Å². The molecule has 0 radical (unpaired) electrons. The van der Waals surface area contributed by atoms with E-state index < -0.39 is 5.92 Å². The zero-order valence-corrected chi connectivity index (χ0v) is 10.2. The van der Waals surface area contributed by atoms with Crippen LogP contribution in [0.1, 0.15) is 57.7 Å². The summed E-state index contributed by atoms with van der Waals surface area (Å²) in [6, 6.07) is 0. The number of ether oxygens (including phenoxy) is 1. The highest BCUT2D eigenvalue weighted by Gasteiger charge is 2.26. The van der Waals surface area contributed by atoms with E-state index in [1.165, 1.54) is 0 Å². The van der Waals surface area contributed by atoms with Gasteiger partial charge in [-0.25, -0.2) is 0 Å². The van der Waals surface area contributed by atoms with Gasteiger partial charge < -0.3 is 9.26 Å². The van der Waals surface area contributed by atoms with Gasteiger partial charge in [0.1, 0.15) is 5.92 Å². The molecule has 0 spiro atoms. The van der Waals surface area contributed by atoms with Crippen molar-refractivity contribution in [3.05, 3.63) is 11.7 Å². The van der Waals surface area contributed by atoms with E-state index in [2.05, 4.69) is 10.1 Å². The van der Waals surface area contributed by atoms with E-state index in [0.29, 0.717) is 24.7 Å². The first-order chi connectivity index (χ1) is 7.60. The van der Waals surface area contributed by atoms with Gasteiger partial charge in [0.25, 0.3) is 0 Å². The Morgan fingerprint density at radius 1 is 1.44 bits per heavy atom. The Morgan fingerprint density at radius 2 is 2.12 bits per heavy atom. The van der Waals surface area contributed by atoms with Gasteiger partial charge in [-0.1, -0.05) is 25.9 Å². The summed E-state index contributed by atoms with van der Waals surface area (Å²) >= 11 is 0. The zero-order chi connectivity index (χ0) is 12.1. The summed E-state index contributed by atoms with van der Waals surface area (Å²) < 4.78 is 10.0. The van der Waals surface area contributed by atoms with E-state index in [4.69, 9.17) is 9.26 Å². The molecule has 1 aromatic rings. The van der Waals surface area contributed by atoms with Gasteiger partial charge >= 0.3 is 5.97 Å². The van der Waals surface area contributed by atoms with Crippen LogP contribution >= 0.6 is 0 Å². The summed E-state index contributed by atoms with van der Waals surface area (Å²) in [4.78, 5) is 15.8. The first-order valence-electron chi connectivity index (χ1n) is 5.60. The van der Waals surface area contributed by atoms with Crippen LogP contribution in [0.3, 0.4) is 0 Å². The highest BCUT2D eigenvalue weighted by atomic mass is 16.5. The number of carbonyl (C=O) groups is 1. The molecule has 0 fully saturated rings. The molecule has 0 aromatic carbocycles. The van der Waals surface area contributed by atoms with Crippen molar-refractivity contribution in [2.24, 2.45) is 0 Å². The summed E-state index contributed by atoms with van der Waals surface area (Å²) in [5.41, 5.74) is 0. The van der Waals surface area contributed by atoms with Gasteiger partial charge in [-0.3, -0.25) is 4.79 Å². The molecule has 0 bridgehead atoms. The fraction of sp³-hybridized carbons (Fsp3) is 0.727. The molecular weight excluding hydrogens is 208 g/mol. The standard InChI is InChI=1S/C11H18N2O3/c1-5-8(11(14)15-6-2)10-12-9(7(3)4)13-16-10/h7-8H,5-6H2,1-4H3. The van der Waals surface area contributed by atoms with Crippen molar-refractivity contribution < 1.29 is 14.1 Å². The summed E-state index contributed by atoms with van der Waals surface area (Å²) in [6.07, 6.45) is 0.596. The molecule has 1 unspecified atom stereocenters. The van der Waals surface area contributed by atoms with Crippen LogP contribution in [-0.2, 0) is 9.53 Å². The molecule has 90 valence electrons. The van der Waals surface area contributed by atoms with Gasteiger partial charge in [-0.05, 0) is 13.3 Å². The van der Waals surface area contributed by atoms with Gasteiger partial charge in [-0.15, -0.1) is 0 Å². The number of carbonyl (C=O) groups excluding carboxylic acids is 1. The Morgan fingerprint density at radius 3 is 2.56 bits per heavy atom. The molecule has 5 heteroatoms. The molecule has 16 heavy (non-hydrogen) atoms. The number of hydrogen-bond acceptors (Lipinski definition) is 5. The van der Waals surface area contributed by atoms with Crippen LogP contribution < -0.4 is 0 Å². The van der Waals surface area contributed by atoms with Gasteiger partial charge in [0, 0.05) is 5.92 Å². The third kappa shape index (κ3) is 2.81. The van der Waals surface area contributed by atoms with Crippen molar-refractivity contribution in [3.63, 3.8) is 0 Å². The summed E-state index contributed by atoms with van der Waals surface area (Å²) in [5.74, 6) is 0.420. The minimum atomic E-state index is -0.444. The van der Waals surface area contributed by atoms with Crippen molar-refractivity contribution in [1.82, 2.24) is 10.1 Å². The third-order valence-electron chi connectivity index (χ3n) is 2.25. The fourth-order valence-corrected chi connectivity index (χ4v) is 1.31. The van der Waals surface area contributed by atoms with Gasteiger partial charge in [-0.2, -0.15) is 4.98 Å². The first kappa shape index (κ1) is 12.7. The highest BCUT2D eigenvalue weighted by Crippen LogP contribution is 2.21. The van der Waals surface area contributed by atoms with E-state index in [1.54, 1.807) is 6.92 Å². The molecule has 0 saturated carbocycles. The average Bonchev–Trinajstić information content (AvgIpc) is 2.68. The zero-order valence-electron chi connectivity index (χ0n) is 10.2. The summed E-state index contributed by atoms with van der Waals surface area (Å²) in [5, 5.41) is 3.83. The lowest BCUT2D eigenvalue weighted by molar-refractivity contribution is -0.145. The molecule has 0 aliphatic rings. The van der Waals surface area contributed by atoms with Crippen LogP contribution in [0.5, 0.6) is 0 Å². The Balaban J connectivity index is 2.82. The lowest BCUT2D eigenvalue weighted by atomic mass is 10.1. The van der Waals surface area contributed by atoms with Gasteiger partial charge in [0.05, 0.1) is 6.61 Å². The summed E-state index contributed by atoms with van der Waals surface area (Å²) in [7, 11) is 0. The van der Waals surface area contributed by atoms with Crippen LogP contribution in [0.25, 0.3) is 0 Å². The maximum Gasteiger partial charge on any atom is 0.318 e. The Hall–Kier alpha value is -1.39. The lowest BCUT2D eigenvalue weighted by Crippen LogP contribution is -2.15. The first-order valence-corrected chi connectivity index (χ1v) is 5.60. The molecule has 0 aliphatic heterocycles. The van der Waals surface area contributed by atoms with E-state index >= 15 is 0 Å². The fourth-order valence-electron chi connectivity index (χ4n) is 1.31. The maximum absolute atomic E-state index is 11.6. The van der Waals surface area contributed by atoms with Crippen LogP contribution in [0.4, 0.5) is 0 Å². The quantitative estimate of drug-likeness (QED) is 0.720. The van der Waals surface area contributed by atoms with Crippen molar-refractivity contribution in [2.75, 3.05) is 6.61 Å². The Labute approximate surface area is 95.2 Å². The minimum Gasteiger partial charge on any atom is -0.465 e. The van der Waals surface area contributed by atoms with E-state index in [1.807, 2.05) is 20.8 Å². The molecular formula is C11H18N2O3. The van der Waals surface area contributed by atoms with Crippen molar-refractivity contribution in [1.29, 1.82) is 0 Å². The normalized spacial score (nSPS) is 12.8. The lowest BCUT2D eigenvalue weighted by Gasteiger charge is -2.08. The average molecular weight is 226 g/mol. The molecule has 1 atom stereocenters. The SMILES string of the molecule is CCOC(=O)C(CC)c1nc(C(C)C)no1. The van der Waals surface area contributed by atoms with Crippen molar-refractivity contribution >= 4 is 5.97 Å². The van der Waals surface area contributed by atoms with Crippen LogP contribution in [0.2, 0.25) is 0 Å². The smallest absolute Gasteiger partial charge is 0.318 e. The van der Waals surface area contributed by atoms with E-state index in [-0.39, 0.29) is 11.9 Å². The van der Waals surface area contributed by atoms with Crippen molar-refractivity contribution in [3.8, 4) is 0 Å². The molecule has 0 amide bonds. The van der Waals surface area contributed by atoms with Gasteiger partial charge in [0.15, 0.2) is 5.82 Å². The van der Waals surface area contributed by atoms with E-state index in [9.17, 15) is 4.79 Å². The van der Waals surface area contributed by atoms with Crippen LogP contribution in [0, 0.1) is 0 Å². The number of hydrogen-bond donors (Lipinski definition) is 0. The molecule has 5 nitrogen and oxygen atoms in total. The second kappa shape index (κ2) is 5.63. The van der Waals surface area contributed by atoms with Gasteiger partial charge in [0.2, 0.25) is 5.89 Å². The maximum atomic E-state index is 11.6. The Kier molecular flexibility index (Phi) is 4.46. The highest BCUT2D eigenvalue weighted by molar-refractivity contribution is 5.76. The molecule has 1 aromatic heterocycles. The number of aromatic nitrogens is 2. The van der Waals surface area contributed by atoms with Crippen LogP contribution in [0.15, 0.2) is 4.52 Å². The largest absolute Gasteiger partial charge is 0.465 e. The Bertz CT molecular complexity index is 347. The second-order valence-electron chi connectivity index (χ2n) is 3.86. The molecule has 0 aliphatic carbocycles. The monoisotopic (exact) mass is 226 g/mol. The molecule has 0 saturated heterocycles. The molecule has 0 N–H and O–H groups in total. The molecule has 1 rings (SSSR count). The molecule has 1 heterocycles. The number of rotatable bonds is 5. The minimum absolute atomic E-state index is 0.192. The summed E-state index contributed by atoms with van der Waals surface area (Å²) in [6.45, 7) is 7.97. The van der Waals surface area contributed by atoms with Crippen molar-refractivity contribution in [2.45, 2.75) is 46.0 Å². The predicted octanol–water partition coefficient (Wildman–Crippen LogP) is 2.25. The predicted molar refractivity (Wildman–Crippen MR) is 58.1 cm³/mol. The van der Waals surface area contributed by atoms with E-state index in [0.717, 1.165) is 0 Å².